The number of hydrogen-bond donors (Lipinski definition) is 2. The maximum absolute atomic E-state index is 11.8. The van der Waals surface area contributed by atoms with Gasteiger partial charge in [0.05, 0.1) is 12.7 Å². The molecule has 0 atom stereocenters. The lowest BCUT2D eigenvalue weighted by molar-refractivity contribution is -0.138. The molecular weight excluding hydrogens is 312 g/mol. The molecule has 1 heterocycles. The summed E-state index contributed by atoms with van der Waals surface area (Å²) in [6, 6.07) is 7.61. The molecule has 0 aliphatic carbocycles. The maximum Gasteiger partial charge on any atom is 0.325 e. The zero-order valence-electron chi connectivity index (χ0n) is 13.6. The van der Waals surface area contributed by atoms with Crippen LogP contribution in [0.5, 0.6) is 5.75 Å². The average Bonchev–Trinajstić information content (AvgIpc) is 2.98. The van der Waals surface area contributed by atoms with E-state index < -0.39 is 5.97 Å². The van der Waals surface area contributed by atoms with Gasteiger partial charge in [0.15, 0.2) is 6.61 Å². The number of hydrogen-bond acceptors (Lipinski definition) is 5. The molecule has 0 saturated carbocycles. The Morgan fingerprint density at radius 1 is 1.29 bits per heavy atom. The third-order valence-electron chi connectivity index (χ3n) is 3.27. The largest absolute Gasteiger partial charge is 0.484 e. The highest BCUT2D eigenvalue weighted by atomic mass is 16.5. The summed E-state index contributed by atoms with van der Waals surface area (Å²) in [5, 5.41) is 18.7. The first-order chi connectivity index (χ1) is 11.4. The van der Waals surface area contributed by atoms with Gasteiger partial charge < -0.3 is 15.2 Å². The van der Waals surface area contributed by atoms with Gasteiger partial charge in [-0.05, 0) is 23.6 Å². The molecule has 128 valence electrons. The van der Waals surface area contributed by atoms with Crippen LogP contribution in [0.4, 0.5) is 0 Å². The molecule has 2 N–H and O–H groups in total. The number of aliphatic carboxylic acids is 1. The number of carbonyl (C=O) groups is 2. The van der Waals surface area contributed by atoms with E-state index >= 15 is 0 Å². The van der Waals surface area contributed by atoms with Crippen molar-refractivity contribution in [1.82, 2.24) is 20.3 Å². The van der Waals surface area contributed by atoms with E-state index in [1.807, 2.05) is 24.3 Å². The molecule has 0 bridgehead atoms. The van der Waals surface area contributed by atoms with Crippen LogP contribution in [-0.2, 0) is 22.7 Å². The van der Waals surface area contributed by atoms with Crippen LogP contribution in [0.3, 0.4) is 0 Å². The Hall–Kier alpha value is -2.90. The zero-order chi connectivity index (χ0) is 17.5. The van der Waals surface area contributed by atoms with Gasteiger partial charge in [-0.25, -0.2) is 4.68 Å². The maximum atomic E-state index is 11.8. The first kappa shape index (κ1) is 17.5. The Morgan fingerprint density at radius 3 is 2.62 bits per heavy atom. The Labute approximate surface area is 139 Å². The summed E-state index contributed by atoms with van der Waals surface area (Å²) < 4.78 is 6.61. The third-order valence-corrected chi connectivity index (χ3v) is 3.27. The van der Waals surface area contributed by atoms with Crippen molar-refractivity contribution in [1.29, 1.82) is 0 Å². The number of carboxylic acid groups (broad SMARTS) is 1. The van der Waals surface area contributed by atoms with Gasteiger partial charge in [-0.15, -0.1) is 5.10 Å². The normalized spacial score (nSPS) is 10.6. The minimum absolute atomic E-state index is 0.107. The lowest BCUT2D eigenvalue weighted by atomic mass is 10.0. The Kier molecular flexibility index (Phi) is 5.89. The van der Waals surface area contributed by atoms with Crippen LogP contribution in [0.25, 0.3) is 0 Å². The molecule has 24 heavy (non-hydrogen) atoms. The highest BCUT2D eigenvalue weighted by Gasteiger charge is 2.07. The molecule has 8 heteroatoms. The number of rotatable bonds is 8. The zero-order valence-corrected chi connectivity index (χ0v) is 13.6. The van der Waals surface area contributed by atoms with E-state index in [4.69, 9.17) is 9.84 Å². The molecule has 0 fully saturated rings. The molecule has 1 amide bonds. The van der Waals surface area contributed by atoms with Gasteiger partial charge in [0.2, 0.25) is 0 Å². The van der Waals surface area contributed by atoms with E-state index in [-0.39, 0.29) is 25.6 Å². The quantitative estimate of drug-likeness (QED) is 0.752. The van der Waals surface area contributed by atoms with E-state index in [0.29, 0.717) is 17.4 Å². The molecule has 1 aromatic carbocycles. The molecule has 1 aromatic heterocycles. The molecule has 0 radical (unpaired) electrons. The van der Waals surface area contributed by atoms with Crippen LogP contribution in [0.1, 0.15) is 31.0 Å². The fourth-order valence-corrected chi connectivity index (χ4v) is 1.97. The summed E-state index contributed by atoms with van der Waals surface area (Å²) in [5.41, 5.74) is 1.68. The monoisotopic (exact) mass is 332 g/mol. The van der Waals surface area contributed by atoms with Gasteiger partial charge in [-0.2, -0.15) is 0 Å². The number of amides is 1. The molecule has 2 rings (SSSR count). The van der Waals surface area contributed by atoms with Crippen molar-refractivity contribution >= 4 is 11.9 Å². The topological polar surface area (TPSA) is 106 Å². The second-order valence-electron chi connectivity index (χ2n) is 5.59. The summed E-state index contributed by atoms with van der Waals surface area (Å²) in [5.74, 6) is -0.234. The number of carboxylic acids is 1. The summed E-state index contributed by atoms with van der Waals surface area (Å²) in [4.78, 5) is 22.3. The van der Waals surface area contributed by atoms with Crippen LogP contribution in [0.2, 0.25) is 0 Å². The molecule has 0 aliphatic rings. The number of nitrogens with zero attached hydrogens (tertiary/aromatic N) is 3. The van der Waals surface area contributed by atoms with Crippen molar-refractivity contribution in [3.63, 3.8) is 0 Å². The van der Waals surface area contributed by atoms with Crippen LogP contribution in [0.15, 0.2) is 30.5 Å². The number of aromatic nitrogens is 3. The van der Waals surface area contributed by atoms with Crippen molar-refractivity contribution in [3.05, 3.63) is 41.7 Å². The van der Waals surface area contributed by atoms with Crippen LogP contribution in [-0.4, -0.2) is 38.6 Å². The smallest absolute Gasteiger partial charge is 0.325 e. The lowest BCUT2D eigenvalue weighted by Gasteiger charge is -2.09. The molecule has 0 saturated heterocycles. The number of ether oxygens (including phenoxy) is 1. The average molecular weight is 332 g/mol. The van der Waals surface area contributed by atoms with Crippen molar-refractivity contribution in [2.75, 3.05) is 6.61 Å². The van der Waals surface area contributed by atoms with Crippen molar-refractivity contribution in [2.45, 2.75) is 32.9 Å². The molecule has 8 nitrogen and oxygen atoms in total. The van der Waals surface area contributed by atoms with Crippen LogP contribution < -0.4 is 10.1 Å². The first-order valence-corrected chi connectivity index (χ1v) is 7.54. The van der Waals surface area contributed by atoms with E-state index in [2.05, 4.69) is 29.5 Å². The van der Waals surface area contributed by atoms with Gasteiger partial charge in [-0.1, -0.05) is 31.2 Å². The van der Waals surface area contributed by atoms with Crippen molar-refractivity contribution < 1.29 is 19.4 Å². The SMILES string of the molecule is CC(C)c1ccc(OCC(=O)NCc2cn(CC(=O)O)nn2)cc1. The van der Waals surface area contributed by atoms with E-state index in [1.54, 1.807) is 0 Å². The third kappa shape index (κ3) is 5.38. The summed E-state index contributed by atoms with van der Waals surface area (Å²) in [7, 11) is 0. The molecule has 0 spiro atoms. The highest BCUT2D eigenvalue weighted by Crippen LogP contribution is 2.18. The lowest BCUT2D eigenvalue weighted by Crippen LogP contribution is -2.28. The Morgan fingerprint density at radius 2 is 2.00 bits per heavy atom. The number of benzene rings is 1. The second-order valence-corrected chi connectivity index (χ2v) is 5.59. The van der Waals surface area contributed by atoms with E-state index in [9.17, 15) is 9.59 Å². The second kappa shape index (κ2) is 8.09. The van der Waals surface area contributed by atoms with Crippen molar-refractivity contribution in [3.8, 4) is 5.75 Å². The minimum Gasteiger partial charge on any atom is -0.484 e. The highest BCUT2D eigenvalue weighted by molar-refractivity contribution is 5.77. The number of nitrogens with one attached hydrogen (secondary N) is 1. The summed E-state index contributed by atoms with van der Waals surface area (Å²) in [6.45, 7) is 4.00. The fraction of sp³-hybridized carbons (Fsp3) is 0.375. The Bertz CT molecular complexity index is 694. The predicted octanol–water partition coefficient (Wildman–Crippen LogP) is 1.18. The molecule has 2 aromatic rings. The fourth-order valence-electron chi connectivity index (χ4n) is 1.97. The van der Waals surface area contributed by atoms with Crippen molar-refractivity contribution in [2.24, 2.45) is 0 Å². The standard InChI is InChI=1S/C16H20N4O4/c1-11(2)12-3-5-14(6-4-12)24-10-15(21)17-7-13-8-20(19-18-13)9-16(22)23/h3-6,8,11H,7,9-10H2,1-2H3,(H,17,21)(H,22,23). The van der Waals surface area contributed by atoms with E-state index in [0.717, 1.165) is 0 Å². The van der Waals surface area contributed by atoms with Gasteiger partial charge >= 0.3 is 5.97 Å². The van der Waals surface area contributed by atoms with Crippen LogP contribution in [0, 0.1) is 0 Å². The summed E-state index contributed by atoms with van der Waals surface area (Å²) >= 11 is 0. The van der Waals surface area contributed by atoms with Gasteiger partial charge in [0, 0.05) is 0 Å². The number of carbonyl (C=O) groups excluding carboxylic acids is 1. The molecule has 0 unspecified atom stereocenters. The van der Waals surface area contributed by atoms with Gasteiger partial charge in [0.25, 0.3) is 5.91 Å². The minimum atomic E-state index is -1.01. The molecular formula is C16H20N4O4. The van der Waals surface area contributed by atoms with E-state index in [1.165, 1.54) is 16.4 Å². The summed E-state index contributed by atoms with van der Waals surface area (Å²) in [6.07, 6.45) is 1.47. The first-order valence-electron chi connectivity index (χ1n) is 7.54. The van der Waals surface area contributed by atoms with Gasteiger partial charge in [0.1, 0.15) is 18.0 Å². The predicted molar refractivity (Wildman–Crippen MR) is 85.5 cm³/mol. The Balaban J connectivity index is 1.75. The van der Waals surface area contributed by atoms with Gasteiger partial charge in [-0.3, -0.25) is 9.59 Å². The molecule has 0 aliphatic heterocycles. The van der Waals surface area contributed by atoms with Crippen LogP contribution >= 0.6 is 0 Å².